The van der Waals surface area contributed by atoms with E-state index in [0.29, 0.717) is 40.2 Å². The van der Waals surface area contributed by atoms with Gasteiger partial charge in [-0.05, 0) is 42.7 Å². The van der Waals surface area contributed by atoms with Gasteiger partial charge in [0.1, 0.15) is 5.82 Å². The van der Waals surface area contributed by atoms with Crippen molar-refractivity contribution in [1.82, 2.24) is 4.98 Å². The summed E-state index contributed by atoms with van der Waals surface area (Å²) >= 11 is 1.17. The molecule has 2 atom stereocenters. The number of anilines is 2. The second kappa shape index (κ2) is 8.95. The van der Waals surface area contributed by atoms with Gasteiger partial charge >= 0.3 is 5.97 Å². The van der Waals surface area contributed by atoms with E-state index >= 15 is 4.39 Å². The first-order valence-electron chi connectivity index (χ1n) is 10.9. The van der Waals surface area contributed by atoms with E-state index in [9.17, 15) is 19.1 Å². The number of carbonyl (C=O) groups is 2. The van der Waals surface area contributed by atoms with E-state index in [1.165, 1.54) is 29.5 Å². The van der Waals surface area contributed by atoms with Crippen molar-refractivity contribution in [3.63, 3.8) is 0 Å². The fraction of sp³-hybridized carbons (Fsp3) is 0.192. The molecule has 3 aromatic carbocycles. The Kier molecular flexibility index (Phi) is 5.83. The summed E-state index contributed by atoms with van der Waals surface area (Å²) in [4.78, 5) is 29.2. The lowest BCUT2D eigenvalue weighted by Crippen LogP contribution is -2.26. The molecule has 1 heterocycles. The number of nitrogens with zero attached hydrogens (tertiary/aromatic N) is 1. The molecule has 5 rings (SSSR count). The predicted octanol–water partition coefficient (Wildman–Crippen LogP) is 6.67. The number of nitrogens with one attached hydrogen (secondary N) is 1. The monoisotopic (exact) mass is 478 g/mol. The molecule has 1 saturated carbocycles. The molecule has 34 heavy (non-hydrogen) atoms. The Morgan fingerprint density at radius 1 is 1.00 bits per heavy atom. The van der Waals surface area contributed by atoms with Crippen LogP contribution in [0.4, 0.5) is 19.6 Å². The molecule has 0 unspecified atom stereocenters. The third-order valence-electron chi connectivity index (χ3n) is 6.24. The third kappa shape index (κ3) is 4.05. The van der Waals surface area contributed by atoms with Crippen LogP contribution in [0.15, 0.2) is 60.7 Å². The minimum atomic E-state index is -1.03. The minimum Gasteiger partial charge on any atom is -0.481 e. The van der Waals surface area contributed by atoms with Gasteiger partial charge in [-0.2, -0.15) is 0 Å². The molecule has 0 aliphatic heterocycles. The maximum Gasteiger partial charge on any atom is 0.307 e. The van der Waals surface area contributed by atoms with Crippen molar-refractivity contribution in [3.8, 4) is 11.1 Å². The molecule has 4 aromatic rings. The van der Waals surface area contributed by atoms with Crippen molar-refractivity contribution < 1.29 is 23.5 Å². The van der Waals surface area contributed by atoms with E-state index in [0.717, 1.165) is 5.56 Å². The molecule has 0 spiro atoms. The van der Waals surface area contributed by atoms with E-state index < -0.39 is 35.2 Å². The lowest BCUT2D eigenvalue weighted by Gasteiger charge is -2.18. The Morgan fingerprint density at radius 2 is 1.76 bits per heavy atom. The number of carboxylic acids is 1. The van der Waals surface area contributed by atoms with E-state index in [-0.39, 0.29) is 11.3 Å². The van der Waals surface area contributed by atoms with Gasteiger partial charge in [0, 0.05) is 11.5 Å². The van der Waals surface area contributed by atoms with Gasteiger partial charge in [-0.15, -0.1) is 0 Å². The Labute approximate surface area is 198 Å². The summed E-state index contributed by atoms with van der Waals surface area (Å²) < 4.78 is 30.2. The van der Waals surface area contributed by atoms with E-state index in [2.05, 4.69) is 10.3 Å². The number of fused-ring (bicyclic) bond motifs is 1. The van der Waals surface area contributed by atoms with Crippen LogP contribution in [0.2, 0.25) is 0 Å². The van der Waals surface area contributed by atoms with Crippen molar-refractivity contribution in [1.29, 1.82) is 0 Å². The molecule has 0 bridgehead atoms. The summed E-state index contributed by atoms with van der Waals surface area (Å²) in [6, 6.07) is 16.5. The van der Waals surface area contributed by atoms with Crippen LogP contribution in [0, 0.1) is 23.5 Å². The van der Waals surface area contributed by atoms with Gasteiger partial charge < -0.3 is 10.4 Å². The number of hydrogen-bond donors (Lipinski definition) is 2. The number of aromatic nitrogens is 1. The normalized spacial score (nSPS) is 17.7. The summed E-state index contributed by atoms with van der Waals surface area (Å²) in [6.07, 6.45) is 1.44. The number of carboxylic acid groups (broad SMARTS) is 1. The zero-order chi connectivity index (χ0) is 23.8. The molecular weight excluding hydrogens is 458 g/mol. The highest BCUT2D eigenvalue weighted by Crippen LogP contribution is 2.40. The summed E-state index contributed by atoms with van der Waals surface area (Å²) in [6.45, 7) is 0. The van der Waals surface area contributed by atoms with Crippen molar-refractivity contribution in [3.05, 3.63) is 77.9 Å². The van der Waals surface area contributed by atoms with Gasteiger partial charge in [0.25, 0.3) is 0 Å². The largest absolute Gasteiger partial charge is 0.481 e. The first-order chi connectivity index (χ1) is 16.4. The first-order valence-corrected chi connectivity index (χ1v) is 11.7. The molecule has 8 heteroatoms. The van der Waals surface area contributed by atoms with Crippen LogP contribution in [0.3, 0.4) is 0 Å². The molecule has 5 nitrogen and oxygen atoms in total. The van der Waals surface area contributed by atoms with E-state index in [4.69, 9.17) is 0 Å². The summed E-state index contributed by atoms with van der Waals surface area (Å²) in [5, 5.41) is 12.8. The van der Waals surface area contributed by atoms with Crippen LogP contribution in [0.1, 0.15) is 29.6 Å². The number of rotatable bonds is 6. The highest BCUT2D eigenvalue weighted by atomic mass is 32.1. The maximum atomic E-state index is 15.9. The van der Waals surface area contributed by atoms with Crippen molar-refractivity contribution in [2.45, 2.75) is 19.3 Å². The molecule has 1 aromatic heterocycles. The smallest absolute Gasteiger partial charge is 0.307 e. The van der Waals surface area contributed by atoms with Crippen molar-refractivity contribution >= 4 is 44.1 Å². The van der Waals surface area contributed by atoms with E-state index in [1.807, 2.05) is 30.3 Å². The number of hydrogen-bond acceptors (Lipinski definition) is 5. The van der Waals surface area contributed by atoms with Gasteiger partial charge in [0.15, 0.2) is 16.7 Å². The molecule has 0 amide bonds. The lowest BCUT2D eigenvalue weighted by atomic mass is 9.87. The zero-order valence-corrected chi connectivity index (χ0v) is 18.7. The number of carbonyl (C=O) groups excluding carboxylic acids is 1. The Morgan fingerprint density at radius 3 is 2.53 bits per heavy atom. The van der Waals surface area contributed by atoms with Gasteiger partial charge in [-0.1, -0.05) is 54.2 Å². The molecular formula is C26H20F2N2O3S. The standard InChI is InChI=1S/C26H20F2N2O3S/c27-15-9-12-20-21(13-15)34-26(29-20)30-23-16(14-5-2-1-3-6-14)10-11-19(22(23)28)24(31)17-7-4-8-18(17)25(32)33/h1-3,5-6,9-13,17-18H,4,7-8H2,(H,29,30)(H,32,33)/t17-,18-/m1/s1. The van der Waals surface area contributed by atoms with Gasteiger partial charge in [-0.3, -0.25) is 9.59 Å². The number of ketones is 1. The minimum absolute atomic E-state index is 0.0708. The average Bonchev–Trinajstić information content (AvgIpc) is 3.47. The van der Waals surface area contributed by atoms with Crippen molar-refractivity contribution in [2.24, 2.45) is 11.8 Å². The number of aliphatic carboxylic acids is 1. The molecule has 0 radical (unpaired) electrons. The number of benzene rings is 3. The van der Waals surface area contributed by atoms with Crippen LogP contribution in [0.25, 0.3) is 21.3 Å². The quantitative estimate of drug-likeness (QED) is 0.303. The molecule has 1 fully saturated rings. The summed E-state index contributed by atoms with van der Waals surface area (Å²) in [7, 11) is 0. The van der Waals surface area contributed by atoms with Crippen LogP contribution >= 0.6 is 11.3 Å². The second-order valence-corrected chi connectivity index (χ2v) is 9.35. The Hall–Kier alpha value is -3.65. The van der Waals surface area contributed by atoms with Gasteiger partial charge in [0.2, 0.25) is 0 Å². The molecule has 172 valence electrons. The Bertz CT molecular complexity index is 1400. The SMILES string of the molecule is O=C(O)[C@@H]1CCC[C@H]1C(=O)c1ccc(-c2ccccc2)c(Nc2nc3ccc(F)cc3s2)c1F. The zero-order valence-electron chi connectivity index (χ0n) is 17.9. The molecule has 1 aliphatic rings. The topological polar surface area (TPSA) is 79.3 Å². The first kappa shape index (κ1) is 22.2. The van der Waals surface area contributed by atoms with Gasteiger partial charge in [-0.25, -0.2) is 13.8 Å². The van der Waals surface area contributed by atoms with Crippen molar-refractivity contribution in [2.75, 3.05) is 5.32 Å². The highest BCUT2D eigenvalue weighted by Gasteiger charge is 2.39. The molecule has 1 aliphatic carbocycles. The van der Waals surface area contributed by atoms with Crippen LogP contribution in [-0.4, -0.2) is 21.8 Å². The molecule has 2 N–H and O–H groups in total. The predicted molar refractivity (Wildman–Crippen MR) is 127 cm³/mol. The number of Topliss-reactive ketones (excluding diaryl/α,β-unsaturated/α-hetero) is 1. The fourth-order valence-electron chi connectivity index (χ4n) is 4.57. The van der Waals surface area contributed by atoms with E-state index in [1.54, 1.807) is 12.1 Å². The highest BCUT2D eigenvalue weighted by molar-refractivity contribution is 7.22. The molecule has 0 saturated heterocycles. The maximum absolute atomic E-state index is 15.9. The van der Waals surface area contributed by atoms with Crippen LogP contribution in [-0.2, 0) is 4.79 Å². The third-order valence-corrected chi connectivity index (χ3v) is 7.18. The lowest BCUT2D eigenvalue weighted by molar-refractivity contribution is -0.142. The Balaban J connectivity index is 1.59. The number of thiazole rings is 1. The fourth-order valence-corrected chi connectivity index (χ4v) is 5.47. The van der Waals surface area contributed by atoms with Crippen LogP contribution < -0.4 is 5.32 Å². The summed E-state index contributed by atoms with van der Waals surface area (Å²) in [5.41, 5.74) is 1.76. The van der Waals surface area contributed by atoms with Crippen LogP contribution in [0.5, 0.6) is 0 Å². The number of halogens is 2. The second-order valence-electron chi connectivity index (χ2n) is 8.32. The van der Waals surface area contributed by atoms with Gasteiger partial charge in [0.05, 0.1) is 27.4 Å². The summed E-state index contributed by atoms with van der Waals surface area (Å²) in [5.74, 6) is -4.25. The average molecular weight is 479 g/mol.